The maximum absolute atomic E-state index is 12.7. The first-order valence-corrected chi connectivity index (χ1v) is 6.56. The molecule has 0 spiro atoms. The third kappa shape index (κ3) is 3.69. The van der Waals surface area contributed by atoms with Crippen LogP contribution in [0.15, 0.2) is 24.3 Å². The average molecular weight is 280 g/mol. The van der Waals surface area contributed by atoms with Crippen LogP contribution in [0.25, 0.3) is 0 Å². The number of amides is 2. The summed E-state index contributed by atoms with van der Waals surface area (Å²) in [6.07, 6.45) is 0.971. The van der Waals surface area contributed by atoms with Gasteiger partial charge in [0.05, 0.1) is 5.92 Å². The minimum Gasteiger partial charge on any atom is -0.481 e. The Kier molecular flexibility index (Phi) is 4.55. The van der Waals surface area contributed by atoms with Gasteiger partial charge in [-0.25, -0.2) is 9.18 Å². The number of carbonyl (C=O) groups is 2. The number of carboxylic acid groups (broad SMARTS) is 1. The van der Waals surface area contributed by atoms with Crippen LogP contribution in [0, 0.1) is 11.7 Å². The van der Waals surface area contributed by atoms with Crippen molar-refractivity contribution in [1.82, 2.24) is 10.2 Å². The molecule has 1 aliphatic heterocycles. The first-order valence-electron chi connectivity index (χ1n) is 6.56. The summed E-state index contributed by atoms with van der Waals surface area (Å²) in [5.41, 5.74) is 0.820. The smallest absolute Gasteiger partial charge is 0.317 e. The minimum absolute atomic E-state index is 0.210. The summed E-state index contributed by atoms with van der Waals surface area (Å²) in [5.74, 6) is -1.46. The van der Waals surface area contributed by atoms with Crippen LogP contribution in [0.4, 0.5) is 9.18 Å². The predicted octanol–water partition coefficient (Wildman–Crippen LogP) is 1.83. The second-order valence-corrected chi connectivity index (χ2v) is 4.88. The molecule has 20 heavy (non-hydrogen) atoms. The van der Waals surface area contributed by atoms with Crippen molar-refractivity contribution in [2.45, 2.75) is 19.4 Å². The molecule has 1 aromatic carbocycles. The summed E-state index contributed by atoms with van der Waals surface area (Å²) in [7, 11) is 0. The lowest BCUT2D eigenvalue weighted by Crippen LogP contribution is -2.45. The molecular formula is C14H17FN2O3. The van der Waals surface area contributed by atoms with Crippen LogP contribution in [0.5, 0.6) is 0 Å². The topological polar surface area (TPSA) is 69.6 Å². The van der Waals surface area contributed by atoms with Crippen molar-refractivity contribution in [2.75, 3.05) is 13.1 Å². The van der Waals surface area contributed by atoms with E-state index in [4.69, 9.17) is 5.11 Å². The summed E-state index contributed by atoms with van der Waals surface area (Å²) >= 11 is 0. The highest BCUT2D eigenvalue weighted by Crippen LogP contribution is 2.17. The molecular weight excluding hydrogens is 263 g/mol. The number of hydrogen-bond acceptors (Lipinski definition) is 2. The molecule has 0 unspecified atom stereocenters. The molecule has 0 saturated carbocycles. The molecule has 1 saturated heterocycles. The van der Waals surface area contributed by atoms with Crippen LogP contribution < -0.4 is 5.32 Å². The number of benzene rings is 1. The molecule has 1 fully saturated rings. The van der Waals surface area contributed by atoms with Crippen molar-refractivity contribution in [3.8, 4) is 0 Å². The van der Waals surface area contributed by atoms with Gasteiger partial charge in [-0.05, 0) is 30.5 Å². The van der Waals surface area contributed by atoms with Gasteiger partial charge in [-0.1, -0.05) is 12.1 Å². The largest absolute Gasteiger partial charge is 0.481 e. The van der Waals surface area contributed by atoms with Crippen LogP contribution in [-0.4, -0.2) is 35.1 Å². The van der Waals surface area contributed by atoms with E-state index in [-0.39, 0.29) is 17.8 Å². The molecule has 0 aliphatic carbocycles. The number of nitrogens with one attached hydrogen (secondary N) is 1. The number of likely N-dealkylation sites (tertiary alicyclic amines) is 1. The lowest BCUT2D eigenvalue weighted by atomic mass is 9.97. The first-order chi connectivity index (χ1) is 9.56. The minimum atomic E-state index is -0.795. The van der Waals surface area contributed by atoms with Crippen molar-refractivity contribution < 1.29 is 19.1 Å². The van der Waals surface area contributed by atoms with E-state index >= 15 is 0 Å². The third-order valence-corrected chi connectivity index (χ3v) is 3.49. The molecule has 0 atom stereocenters. The molecule has 6 heteroatoms. The second-order valence-electron chi connectivity index (χ2n) is 4.88. The van der Waals surface area contributed by atoms with Crippen LogP contribution in [0.3, 0.4) is 0 Å². The second kappa shape index (κ2) is 6.36. The maximum Gasteiger partial charge on any atom is 0.317 e. The van der Waals surface area contributed by atoms with Crippen LogP contribution in [0.1, 0.15) is 18.4 Å². The van der Waals surface area contributed by atoms with E-state index in [0.717, 1.165) is 5.56 Å². The van der Waals surface area contributed by atoms with E-state index in [0.29, 0.717) is 32.5 Å². The number of piperidine rings is 1. The van der Waals surface area contributed by atoms with E-state index in [9.17, 15) is 14.0 Å². The number of halogens is 1. The molecule has 1 aliphatic rings. The summed E-state index contributed by atoms with van der Waals surface area (Å²) < 4.78 is 12.7. The summed E-state index contributed by atoms with van der Waals surface area (Å²) in [6.45, 7) is 1.23. The highest BCUT2D eigenvalue weighted by Gasteiger charge is 2.26. The van der Waals surface area contributed by atoms with Gasteiger partial charge in [0.2, 0.25) is 0 Å². The number of urea groups is 1. The fourth-order valence-corrected chi connectivity index (χ4v) is 2.22. The number of carboxylic acids is 1. The molecule has 2 N–H and O–H groups in total. The Morgan fingerprint density at radius 3 is 2.40 bits per heavy atom. The van der Waals surface area contributed by atoms with Gasteiger partial charge in [0.1, 0.15) is 5.82 Å². The monoisotopic (exact) mass is 280 g/mol. The zero-order chi connectivity index (χ0) is 14.5. The van der Waals surface area contributed by atoms with E-state index in [1.807, 2.05) is 0 Å². The first kappa shape index (κ1) is 14.3. The Balaban J connectivity index is 1.78. The van der Waals surface area contributed by atoms with Gasteiger partial charge in [-0.3, -0.25) is 4.79 Å². The normalized spacial score (nSPS) is 15.9. The van der Waals surface area contributed by atoms with Crippen molar-refractivity contribution in [3.63, 3.8) is 0 Å². The number of aliphatic carboxylic acids is 1. The molecule has 0 bridgehead atoms. The molecule has 1 heterocycles. The predicted molar refractivity (Wildman–Crippen MR) is 70.6 cm³/mol. The van der Waals surface area contributed by atoms with Gasteiger partial charge in [-0.15, -0.1) is 0 Å². The molecule has 1 aromatic rings. The van der Waals surface area contributed by atoms with Crippen molar-refractivity contribution in [1.29, 1.82) is 0 Å². The number of nitrogens with zero attached hydrogens (tertiary/aromatic N) is 1. The Bertz CT molecular complexity index is 482. The van der Waals surface area contributed by atoms with Crippen molar-refractivity contribution >= 4 is 12.0 Å². The Morgan fingerprint density at radius 2 is 1.85 bits per heavy atom. The maximum atomic E-state index is 12.7. The van der Waals surface area contributed by atoms with Gasteiger partial charge in [-0.2, -0.15) is 0 Å². The number of carbonyl (C=O) groups excluding carboxylic acids is 1. The van der Waals surface area contributed by atoms with E-state index in [2.05, 4.69) is 5.32 Å². The third-order valence-electron chi connectivity index (χ3n) is 3.49. The van der Waals surface area contributed by atoms with Gasteiger partial charge in [0, 0.05) is 19.6 Å². The molecule has 0 aromatic heterocycles. The van der Waals surface area contributed by atoms with Gasteiger partial charge in [0.15, 0.2) is 0 Å². The fourth-order valence-electron chi connectivity index (χ4n) is 2.22. The van der Waals surface area contributed by atoms with E-state index in [1.54, 1.807) is 17.0 Å². The Labute approximate surface area is 116 Å². The zero-order valence-corrected chi connectivity index (χ0v) is 11.0. The Hall–Kier alpha value is -2.11. The molecule has 5 nitrogen and oxygen atoms in total. The fraction of sp³-hybridized carbons (Fsp3) is 0.429. The van der Waals surface area contributed by atoms with Gasteiger partial charge < -0.3 is 15.3 Å². The van der Waals surface area contributed by atoms with E-state index < -0.39 is 5.97 Å². The molecule has 2 rings (SSSR count). The van der Waals surface area contributed by atoms with Crippen molar-refractivity contribution in [2.24, 2.45) is 5.92 Å². The SMILES string of the molecule is O=C(O)C1CCN(C(=O)NCc2ccc(F)cc2)CC1. The lowest BCUT2D eigenvalue weighted by Gasteiger charge is -2.30. The summed E-state index contributed by atoms with van der Waals surface area (Å²) in [5, 5.41) is 11.6. The van der Waals surface area contributed by atoms with Crippen LogP contribution in [0.2, 0.25) is 0 Å². The highest BCUT2D eigenvalue weighted by atomic mass is 19.1. The summed E-state index contributed by atoms with van der Waals surface area (Å²) in [6, 6.07) is 5.72. The van der Waals surface area contributed by atoms with Crippen LogP contribution in [-0.2, 0) is 11.3 Å². The van der Waals surface area contributed by atoms with Crippen LogP contribution >= 0.6 is 0 Å². The molecule has 0 radical (unpaired) electrons. The average Bonchev–Trinajstić information content (AvgIpc) is 2.46. The van der Waals surface area contributed by atoms with E-state index in [1.165, 1.54) is 12.1 Å². The highest BCUT2D eigenvalue weighted by molar-refractivity contribution is 5.75. The zero-order valence-electron chi connectivity index (χ0n) is 11.0. The lowest BCUT2D eigenvalue weighted by molar-refractivity contribution is -0.143. The standard InChI is InChI=1S/C14H17FN2O3/c15-12-3-1-10(2-4-12)9-16-14(20)17-7-5-11(6-8-17)13(18)19/h1-4,11H,5-9H2,(H,16,20)(H,18,19). The molecule has 108 valence electrons. The van der Waals surface area contributed by atoms with Gasteiger partial charge >= 0.3 is 12.0 Å². The molecule has 2 amide bonds. The van der Waals surface area contributed by atoms with Gasteiger partial charge in [0.25, 0.3) is 0 Å². The quantitative estimate of drug-likeness (QED) is 0.887. The number of hydrogen-bond donors (Lipinski definition) is 2. The Morgan fingerprint density at radius 1 is 1.25 bits per heavy atom. The number of rotatable bonds is 3. The summed E-state index contributed by atoms with van der Waals surface area (Å²) in [4.78, 5) is 24.3. The van der Waals surface area contributed by atoms with Crippen molar-refractivity contribution in [3.05, 3.63) is 35.6 Å².